The predicted octanol–water partition coefficient (Wildman–Crippen LogP) is 2.61. The Hall–Kier alpha value is -1.55. The smallest absolute Gasteiger partial charge is 0.251 e. The number of nitrogens with one attached hydrogen (secondary N) is 1. The van der Waals surface area contributed by atoms with E-state index in [9.17, 15) is 9.90 Å². The molecule has 112 valence electrons. The summed E-state index contributed by atoms with van der Waals surface area (Å²) in [5, 5.41) is 12.5. The monoisotopic (exact) mass is 279 g/mol. The average Bonchev–Trinajstić information content (AvgIpc) is 2.34. The van der Waals surface area contributed by atoms with Crippen LogP contribution in [-0.4, -0.2) is 29.8 Å². The highest BCUT2D eigenvalue weighted by molar-refractivity contribution is 5.94. The van der Waals surface area contributed by atoms with Crippen LogP contribution in [0.5, 0.6) is 5.75 Å². The zero-order valence-electron chi connectivity index (χ0n) is 12.7. The second kappa shape index (κ2) is 7.90. The first kappa shape index (κ1) is 16.5. The van der Waals surface area contributed by atoms with E-state index in [1.807, 2.05) is 33.8 Å². The van der Waals surface area contributed by atoms with Crippen molar-refractivity contribution in [2.45, 2.75) is 46.3 Å². The first-order valence-corrected chi connectivity index (χ1v) is 7.11. The molecular weight excluding hydrogens is 254 g/mol. The second-order valence-corrected chi connectivity index (χ2v) is 5.69. The largest absolute Gasteiger partial charge is 0.491 e. The highest BCUT2D eigenvalue weighted by atomic mass is 16.5. The summed E-state index contributed by atoms with van der Waals surface area (Å²) < 4.78 is 5.55. The third-order valence-corrected chi connectivity index (χ3v) is 2.71. The van der Waals surface area contributed by atoms with Gasteiger partial charge in [-0.25, -0.2) is 0 Å². The molecule has 0 aliphatic rings. The number of rotatable bonds is 7. The maximum atomic E-state index is 12.0. The van der Waals surface area contributed by atoms with E-state index in [0.29, 0.717) is 23.7 Å². The number of hydrogen-bond donors (Lipinski definition) is 2. The van der Waals surface area contributed by atoms with Gasteiger partial charge in [-0.1, -0.05) is 19.9 Å². The van der Waals surface area contributed by atoms with Gasteiger partial charge in [0.2, 0.25) is 0 Å². The van der Waals surface area contributed by atoms with Crippen LogP contribution in [0.2, 0.25) is 0 Å². The first-order valence-electron chi connectivity index (χ1n) is 7.11. The van der Waals surface area contributed by atoms with Gasteiger partial charge in [0.05, 0.1) is 12.2 Å². The quantitative estimate of drug-likeness (QED) is 0.806. The molecule has 20 heavy (non-hydrogen) atoms. The van der Waals surface area contributed by atoms with E-state index in [-0.39, 0.29) is 18.6 Å². The third-order valence-electron chi connectivity index (χ3n) is 2.71. The Balaban J connectivity index is 2.55. The number of ether oxygens (including phenoxy) is 1. The van der Waals surface area contributed by atoms with Gasteiger partial charge in [0.15, 0.2) is 0 Å². The molecule has 1 rings (SSSR count). The van der Waals surface area contributed by atoms with E-state index in [0.717, 1.165) is 0 Å². The van der Waals surface area contributed by atoms with Crippen LogP contribution in [-0.2, 0) is 0 Å². The summed E-state index contributed by atoms with van der Waals surface area (Å²) in [5.41, 5.74) is 0.542. The van der Waals surface area contributed by atoms with Crippen LogP contribution in [0.15, 0.2) is 24.3 Å². The van der Waals surface area contributed by atoms with Crippen molar-refractivity contribution in [2.24, 2.45) is 5.92 Å². The van der Waals surface area contributed by atoms with Crippen LogP contribution < -0.4 is 10.1 Å². The van der Waals surface area contributed by atoms with Gasteiger partial charge in [0, 0.05) is 12.1 Å². The van der Waals surface area contributed by atoms with E-state index >= 15 is 0 Å². The molecule has 0 radical (unpaired) electrons. The molecule has 0 aliphatic heterocycles. The average molecular weight is 279 g/mol. The lowest BCUT2D eigenvalue weighted by Gasteiger charge is -2.14. The Labute approximate surface area is 121 Å². The molecule has 0 aromatic heterocycles. The van der Waals surface area contributed by atoms with E-state index < -0.39 is 6.10 Å². The summed E-state index contributed by atoms with van der Waals surface area (Å²) >= 11 is 0. The summed E-state index contributed by atoms with van der Waals surface area (Å²) in [6.45, 7) is 8.23. The van der Waals surface area contributed by atoms with E-state index in [1.54, 1.807) is 18.2 Å². The van der Waals surface area contributed by atoms with Crippen molar-refractivity contribution in [3.63, 3.8) is 0 Å². The lowest BCUT2D eigenvalue weighted by molar-refractivity contribution is 0.0899. The Bertz CT molecular complexity index is 429. The van der Waals surface area contributed by atoms with Crippen molar-refractivity contribution in [1.29, 1.82) is 0 Å². The Morgan fingerprint density at radius 2 is 2.00 bits per heavy atom. The van der Waals surface area contributed by atoms with Gasteiger partial charge in [-0.2, -0.15) is 0 Å². The molecule has 2 N–H and O–H groups in total. The second-order valence-electron chi connectivity index (χ2n) is 5.69. The molecule has 0 fully saturated rings. The number of aliphatic hydroxyl groups is 1. The van der Waals surface area contributed by atoms with Gasteiger partial charge in [-0.15, -0.1) is 0 Å². The van der Waals surface area contributed by atoms with Crippen LogP contribution in [0, 0.1) is 5.92 Å². The molecule has 0 saturated heterocycles. The summed E-state index contributed by atoms with van der Waals surface area (Å²) in [6.07, 6.45) is 0.242. The number of carbonyl (C=O) groups excluding carboxylic acids is 1. The SMILES string of the molecule is CC(C)CC(O)CNC(=O)c1cccc(OC(C)C)c1. The molecule has 0 heterocycles. The first-order chi connectivity index (χ1) is 9.38. The van der Waals surface area contributed by atoms with Crippen molar-refractivity contribution < 1.29 is 14.6 Å². The van der Waals surface area contributed by atoms with Crippen molar-refractivity contribution >= 4 is 5.91 Å². The Kier molecular flexibility index (Phi) is 6.52. The third kappa shape index (κ3) is 6.06. The fraction of sp³-hybridized carbons (Fsp3) is 0.562. The van der Waals surface area contributed by atoms with Crippen molar-refractivity contribution in [1.82, 2.24) is 5.32 Å². The van der Waals surface area contributed by atoms with Crippen LogP contribution in [0.3, 0.4) is 0 Å². The van der Waals surface area contributed by atoms with Crippen molar-refractivity contribution in [3.05, 3.63) is 29.8 Å². The molecular formula is C16H25NO3. The summed E-state index contributed by atoms with van der Waals surface area (Å²) in [7, 11) is 0. The lowest BCUT2D eigenvalue weighted by atomic mass is 10.1. The molecule has 1 aromatic carbocycles. The van der Waals surface area contributed by atoms with Gasteiger partial charge in [-0.05, 0) is 44.4 Å². The topological polar surface area (TPSA) is 58.6 Å². The number of carbonyl (C=O) groups is 1. The highest BCUT2D eigenvalue weighted by Gasteiger charge is 2.11. The zero-order chi connectivity index (χ0) is 15.1. The molecule has 1 unspecified atom stereocenters. The minimum absolute atomic E-state index is 0.0705. The maximum Gasteiger partial charge on any atom is 0.251 e. The number of benzene rings is 1. The van der Waals surface area contributed by atoms with Crippen LogP contribution in [0.4, 0.5) is 0 Å². The number of amides is 1. The highest BCUT2D eigenvalue weighted by Crippen LogP contribution is 2.15. The van der Waals surface area contributed by atoms with Gasteiger partial charge in [-0.3, -0.25) is 4.79 Å². The normalized spacial score (nSPS) is 12.6. The van der Waals surface area contributed by atoms with E-state index in [2.05, 4.69) is 5.32 Å². The van der Waals surface area contributed by atoms with Crippen LogP contribution in [0.25, 0.3) is 0 Å². The molecule has 0 aliphatic carbocycles. The van der Waals surface area contributed by atoms with E-state index in [4.69, 9.17) is 4.74 Å². The predicted molar refractivity (Wildman–Crippen MR) is 80.0 cm³/mol. The molecule has 1 atom stereocenters. The molecule has 0 spiro atoms. The summed E-state index contributed by atoms with van der Waals surface area (Å²) in [5.74, 6) is 0.891. The minimum Gasteiger partial charge on any atom is -0.491 e. The van der Waals surface area contributed by atoms with Crippen LogP contribution in [0.1, 0.15) is 44.5 Å². The Morgan fingerprint density at radius 3 is 2.60 bits per heavy atom. The van der Waals surface area contributed by atoms with E-state index in [1.165, 1.54) is 0 Å². The van der Waals surface area contributed by atoms with Crippen molar-refractivity contribution in [3.8, 4) is 5.75 Å². The summed E-state index contributed by atoms with van der Waals surface area (Å²) in [6, 6.07) is 7.06. The van der Waals surface area contributed by atoms with Gasteiger partial charge >= 0.3 is 0 Å². The Morgan fingerprint density at radius 1 is 1.30 bits per heavy atom. The lowest BCUT2D eigenvalue weighted by Crippen LogP contribution is -2.32. The van der Waals surface area contributed by atoms with Crippen molar-refractivity contribution in [2.75, 3.05) is 6.54 Å². The minimum atomic E-state index is -0.506. The fourth-order valence-electron chi connectivity index (χ4n) is 1.92. The summed E-state index contributed by atoms with van der Waals surface area (Å²) in [4.78, 5) is 12.0. The van der Waals surface area contributed by atoms with Crippen LogP contribution >= 0.6 is 0 Å². The maximum absolute atomic E-state index is 12.0. The number of aliphatic hydroxyl groups excluding tert-OH is 1. The fourth-order valence-corrected chi connectivity index (χ4v) is 1.92. The molecule has 1 aromatic rings. The molecule has 0 bridgehead atoms. The standard InChI is InChI=1S/C16H25NO3/c1-11(2)8-14(18)10-17-16(19)13-6-5-7-15(9-13)20-12(3)4/h5-7,9,11-12,14,18H,8,10H2,1-4H3,(H,17,19). The molecule has 1 amide bonds. The number of hydrogen-bond acceptors (Lipinski definition) is 3. The zero-order valence-corrected chi connectivity index (χ0v) is 12.7. The molecule has 4 heteroatoms. The molecule has 0 saturated carbocycles. The van der Waals surface area contributed by atoms with Gasteiger partial charge < -0.3 is 15.2 Å². The van der Waals surface area contributed by atoms with Gasteiger partial charge in [0.25, 0.3) is 5.91 Å². The van der Waals surface area contributed by atoms with Gasteiger partial charge in [0.1, 0.15) is 5.75 Å². The molecule has 4 nitrogen and oxygen atoms in total.